The molecule has 3 heteroatoms. The van der Waals surface area contributed by atoms with Gasteiger partial charge >= 0.3 is 0 Å². The Morgan fingerprint density at radius 1 is 1.31 bits per heavy atom. The first-order valence-electron chi connectivity index (χ1n) is 6.06. The normalized spacial score (nSPS) is 25.4. The van der Waals surface area contributed by atoms with Crippen molar-refractivity contribution in [2.45, 2.75) is 45.6 Å². The molecule has 0 spiro atoms. The van der Waals surface area contributed by atoms with Crippen LogP contribution in [0.2, 0.25) is 0 Å². The summed E-state index contributed by atoms with van der Waals surface area (Å²) in [7, 11) is 0. The van der Waals surface area contributed by atoms with E-state index in [9.17, 15) is 0 Å². The lowest BCUT2D eigenvalue weighted by molar-refractivity contribution is 0.349. The molecule has 1 saturated carbocycles. The number of aryl methyl sites for hydroxylation is 1. The maximum Gasteiger partial charge on any atom is 0.106 e. The molecule has 0 saturated heterocycles. The SMILES string of the molecule is Cc1nc(Br)ccc1NC1CCCCC1C. The molecule has 0 radical (unpaired) electrons. The highest BCUT2D eigenvalue weighted by molar-refractivity contribution is 9.10. The molecule has 0 amide bonds. The van der Waals surface area contributed by atoms with Crippen LogP contribution in [0.3, 0.4) is 0 Å². The topological polar surface area (TPSA) is 24.9 Å². The van der Waals surface area contributed by atoms with Gasteiger partial charge in [-0.1, -0.05) is 19.8 Å². The number of rotatable bonds is 2. The van der Waals surface area contributed by atoms with Crippen LogP contribution in [-0.2, 0) is 0 Å². The maximum absolute atomic E-state index is 4.42. The van der Waals surface area contributed by atoms with Crippen molar-refractivity contribution in [2.75, 3.05) is 5.32 Å². The van der Waals surface area contributed by atoms with Crippen molar-refractivity contribution in [2.24, 2.45) is 5.92 Å². The van der Waals surface area contributed by atoms with Gasteiger partial charge in [-0.25, -0.2) is 4.98 Å². The highest BCUT2D eigenvalue weighted by Crippen LogP contribution is 2.27. The van der Waals surface area contributed by atoms with E-state index in [0.29, 0.717) is 6.04 Å². The number of pyridine rings is 1. The van der Waals surface area contributed by atoms with E-state index in [-0.39, 0.29) is 0 Å². The molecule has 0 aliphatic heterocycles. The summed E-state index contributed by atoms with van der Waals surface area (Å²) >= 11 is 3.39. The largest absolute Gasteiger partial charge is 0.381 e. The maximum atomic E-state index is 4.42. The standard InChI is InChI=1S/C13H19BrN2/c1-9-5-3-4-6-11(9)16-12-7-8-13(14)15-10(12)2/h7-9,11,16H,3-6H2,1-2H3. The Morgan fingerprint density at radius 2 is 2.06 bits per heavy atom. The molecule has 1 fully saturated rings. The monoisotopic (exact) mass is 282 g/mol. The minimum absolute atomic E-state index is 0.621. The summed E-state index contributed by atoms with van der Waals surface area (Å²) in [6, 6.07) is 4.74. The molecular formula is C13H19BrN2. The zero-order chi connectivity index (χ0) is 11.5. The van der Waals surface area contributed by atoms with Crippen LogP contribution in [0.1, 0.15) is 38.3 Å². The van der Waals surface area contributed by atoms with Gasteiger partial charge in [0.15, 0.2) is 0 Å². The first-order valence-corrected chi connectivity index (χ1v) is 6.86. The van der Waals surface area contributed by atoms with Crippen molar-refractivity contribution >= 4 is 21.6 Å². The molecule has 2 unspecified atom stereocenters. The van der Waals surface area contributed by atoms with E-state index in [1.807, 2.05) is 6.07 Å². The van der Waals surface area contributed by atoms with Crippen LogP contribution in [0, 0.1) is 12.8 Å². The molecule has 2 nitrogen and oxygen atoms in total. The van der Waals surface area contributed by atoms with E-state index in [2.05, 4.69) is 46.1 Å². The molecule has 1 aromatic heterocycles. The van der Waals surface area contributed by atoms with Gasteiger partial charge in [0.2, 0.25) is 0 Å². The van der Waals surface area contributed by atoms with Crippen LogP contribution in [-0.4, -0.2) is 11.0 Å². The number of nitrogens with one attached hydrogen (secondary N) is 1. The third kappa shape index (κ3) is 2.76. The lowest BCUT2D eigenvalue weighted by Gasteiger charge is -2.30. The van der Waals surface area contributed by atoms with E-state index >= 15 is 0 Å². The highest BCUT2D eigenvalue weighted by Gasteiger charge is 2.21. The summed E-state index contributed by atoms with van der Waals surface area (Å²) in [6.07, 6.45) is 5.37. The quantitative estimate of drug-likeness (QED) is 0.825. The molecule has 2 atom stereocenters. The lowest BCUT2D eigenvalue weighted by Crippen LogP contribution is -2.30. The van der Waals surface area contributed by atoms with E-state index in [1.165, 1.54) is 31.4 Å². The summed E-state index contributed by atoms with van der Waals surface area (Å²) in [5.41, 5.74) is 2.26. The molecule has 88 valence electrons. The number of anilines is 1. The van der Waals surface area contributed by atoms with Crippen molar-refractivity contribution in [1.82, 2.24) is 4.98 Å². The number of nitrogens with zero attached hydrogens (tertiary/aromatic N) is 1. The molecule has 1 aliphatic carbocycles. The third-order valence-corrected chi connectivity index (χ3v) is 3.95. The average Bonchev–Trinajstić information content (AvgIpc) is 2.25. The van der Waals surface area contributed by atoms with Crippen molar-refractivity contribution in [3.05, 3.63) is 22.4 Å². The Labute approximate surface area is 106 Å². The van der Waals surface area contributed by atoms with Gasteiger partial charge in [0, 0.05) is 6.04 Å². The Hall–Kier alpha value is -0.570. The van der Waals surface area contributed by atoms with Crippen molar-refractivity contribution < 1.29 is 0 Å². The number of hydrogen-bond donors (Lipinski definition) is 1. The van der Waals surface area contributed by atoms with Crippen molar-refractivity contribution in [3.8, 4) is 0 Å². The molecule has 1 aliphatic rings. The fourth-order valence-electron chi connectivity index (χ4n) is 2.41. The van der Waals surface area contributed by atoms with E-state index in [0.717, 1.165) is 16.2 Å². The average molecular weight is 283 g/mol. The molecule has 1 aromatic rings. The van der Waals surface area contributed by atoms with Crippen LogP contribution in [0.5, 0.6) is 0 Å². The fourth-order valence-corrected chi connectivity index (χ4v) is 2.81. The Kier molecular flexibility index (Phi) is 3.85. The van der Waals surface area contributed by atoms with Gasteiger partial charge in [0.1, 0.15) is 4.60 Å². The Balaban J connectivity index is 2.07. The third-order valence-electron chi connectivity index (χ3n) is 3.50. The lowest BCUT2D eigenvalue weighted by atomic mass is 9.86. The van der Waals surface area contributed by atoms with Crippen LogP contribution in [0.4, 0.5) is 5.69 Å². The van der Waals surface area contributed by atoms with Gasteiger partial charge in [-0.15, -0.1) is 0 Å². The molecule has 0 aromatic carbocycles. The molecular weight excluding hydrogens is 264 g/mol. The van der Waals surface area contributed by atoms with E-state index < -0.39 is 0 Å². The summed E-state index contributed by atoms with van der Waals surface area (Å²) in [4.78, 5) is 4.42. The number of halogens is 1. The fraction of sp³-hybridized carbons (Fsp3) is 0.615. The van der Waals surface area contributed by atoms with Crippen LogP contribution < -0.4 is 5.32 Å². The van der Waals surface area contributed by atoms with Crippen molar-refractivity contribution in [1.29, 1.82) is 0 Å². The summed E-state index contributed by atoms with van der Waals surface area (Å²) < 4.78 is 0.909. The predicted octanol–water partition coefficient (Wildman–Crippen LogP) is 4.14. The Morgan fingerprint density at radius 3 is 2.75 bits per heavy atom. The van der Waals surface area contributed by atoms with Gasteiger partial charge in [-0.2, -0.15) is 0 Å². The van der Waals surface area contributed by atoms with Crippen molar-refractivity contribution in [3.63, 3.8) is 0 Å². The summed E-state index contributed by atoms with van der Waals surface area (Å²) in [6.45, 7) is 4.40. The Bertz CT molecular complexity index is 365. The second-order valence-corrected chi connectivity index (χ2v) is 5.59. The van der Waals surface area contributed by atoms with Gasteiger partial charge in [0.05, 0.1) is 11.4 Å². The van der Waals surface area contributed by atoms with E-state index in [4.69, 9.17) is 0 Å². The molecule has 1 N–H and O–H groups in total. The van der Waals surface area contributed by atoms with E-state index in [1.54, 1.807) is 0 Å². The molecule has 2 rings (SSSR count). The smallest absolute Gasteiger partial charge is 0.106 e. The number of aromatic nitrogens is 1. The van der Waals surface area contributed by atoms with Crippen LogP contribution in [0.25, 0.3) is 0 Å². The summed E-state index contributed by atoms with van der Waals surface area (Å²) in [5, 5.41) is 3.64. The van der Waals surface area contributed by atoms with Crippen LogP contribution >= 0.6 is 15.9 Å². The predicted molar refractivity (Wildman–Crippen MR) is 71.7 cm³/mol. The zero-order valence-electron chi connectivity index (χ0n) is 9.96. The van der Waals surface area contributed by atoms with Gasteiger partial charge in [0.25, 0.3) is 0 Å². The second-order valence-electron chi connectivity index (χ2n) is 4.78. The first-order chi connectivity index (χ1) is 7.66. The van der Waals surface area contributed by atoms with Gasteiger partial charge in [-0.3, -0.25) is 0 Å². The van der Waals surface area contributed by atoms with Gasteiger partial charge < -0.3 is 5.32 Å². The minimum atomic E-state index is 0.621. The second kappa shape index (κ2) is 5.17. The zero-order valence-corrected chi connectivity index (χ0v) is 11.5. The minimum Gasteiger partial charge on any atom is -0.381 e. The number of hydrogen-bond acceptors (Lipinski definition) is 2. The highest BCUT2D eigenvalue weighted by atomic mass is 79.9. The van der Waals surface area contributed by atoms with Gasteiger partial charge in [-0.05, 0) is 53.7 Å². The molecule has 0 bridgehead atoms. The van der Waals surface area contributed by atoms with Crippen LogP contribution in [0.15, 0.2) is 16.7 Å². The molecule has 1 heterocycles. The molecule has 16 heavy (non-hydrogen) atoms. The summed E-state index contributed by atoms with van der Waals surface area (Å²) in [5.74, 6) is 0.775. The first kappa shape index (κ1) is 11.9.